The quantitative estimate of drug-likeness (QED) is 0.352. The highest BCUT2D eigenvalue weighted by Gasteiger charge is 2.21. The minimum atomic E-state index is -1.65. The smallest absolute Gasteiger partial charge is 0.377 e. The molecule has 16 heavy (non-hydrogen) atoms. The predicted octanol–water partition coefficient (Wildman–Crippen LogP) is 0.871. The van der Waals surface area contributed by atoms with Gasteiger partial charge in [-0.25, -0.2) is 4.79 Å². The Balaban J connectivity index is 3.27. The van der Waals surface area contributed by atoms with E-state index in [4.69, 9.17) is 9.84 Å². The molecule has 0 amide bonds. The second-order valence-corrected chi connectivity index (χ2v) is 2.78. The number of nitro benzene ring substituents is 1. The van der Waals surface area contributed by atoms with Gasteiger partial charge in [-0.1, -0.05) is 0 Å². The van der Waals surface area contributed by atoms with Crippen molar-refractivity contribution in [1.82, 2.24) is 0 Å². The highest BCUT2D eigenvalue weighted by atomic mass is 16.6. The molecule has 0 unspecified atom stereocenters. The summed E-state index contributed by atoms with van der Waals surface area (Å²) >= 11 is 0. The Morgan fingerprint density at radius 1 is 1.44 bits per heavy atom. The first-order valence-electron chi connectivity index (χ1n) is 4.07. The lowest BCUT2D eigenvalue weighted by molar-refractivity contribution is -0.384. The number of benzene rings is 1. The summed E-state index contributed by atoms with van der Waals surface area (Å²) in [5.41, 5.74) is -0.501. The van der Waals surface area contributed by atoms with E-state index in [0.717, 1.165) is 18.2 Å². The van der Waals surface area contributed by atoms with Crippen molar-refractivity contribution < 1.29 is 24.4 Å². The van der Waals surface area contributed by atoms with Gasteiger partial charge in [0.2, 0.25) is 0 Å². The molecule has 0 saturated carbocycles. The molecule has 1 rings (SSSR count). The van der Waals surface area contributed by atoms with Gasteiger partial charge in [-0.15, -0.1) is 0 Å². The van der Waals surface area contributed by atoms with Crippen molar-refractivity contribution in [3.63, 3.8) is 0 Å². The number of non-ortho nitro benzene ring substituents is 1. The van der Waals surface area contributed by atoms with Crippen LogP contribution in [-0.4, -0.2) is 28.9 Å². The molecular formula is C9H7NO6. The number of nitrogens with zero attached hydrogens (tertiary/aromatic N) is 1. The zero-order valence-corrected chi connectivity index (χ0v) is 8.17. The predicted molar refractivity (Wildman–Crippen MR) is 51.6 cm³/mol. The van der Waals surface area contributed by atoms with Gasteiger partial charge < -0.3 is 9.84 Å². The van der Waals surface area contributed by atoms with Crippen LogP contribution in [0, 0.1) is 10.1 Å². The van der Waals surface area contributed by atoms with Crippen molar-refractivity contribution in [3.8, 4) is 5.75 Å². The van der Waals surface area contributed by atoms with Crippen molar-refractivity contribution in [2.45, 2.75) is 0 Å². The van der Waals surface area contributed by atoms with E-state index < -0.39 is 16.7 Å². The second-order valence-electron chi connectivity index (χ2n) is 2.78. The van der Waals surface area contributed by atoms with Crippen LogP contribution in [0.2, 0.25) is 0 Å². The maximum atomic E-state index is 11.2. The van der Waals surface area contributed by atoms with Crippen LogP contribution in [0.3, 0.4) is 0 Å². The van der Waals surface area contributed by atoms with Crippen LogP contribution in [0.4, 0.5) is 5.69 Å². The number of carbonyl (C=O) groups is 2. The lowest BCUT2D eigenvalue weighted by atomic mass is 10.1. The number of carbonyl (C=O) groups excluding carboxylic acids is 1. The van der Waals surface area contributed by atoms with Gasteiger partial charge in [0.1, 0.15) is 5.75 Å². The van der Waals surface area contributed by atoms with E-state index in [2.05, 4.69) is 0 Å². The van der Waals surface area contributed by atoms with E-state index in [1.165, 1.54) is 7.11 Å². The van der Waals surface area contributed by atoms with Gasteiger partial charge in [-0.05, 0) is 6.07 Å². The maximum absolute atomic E-state index is 11.2. The Morgan fingerprint density at radius 3 is 2.50 bits per heavy atom. The fourth-order valence-electron chi connectivity index (χ4n) is 1.10. The third kappa shape index (κ3) is 2.14. The zero-order valence-electron chi connectivity index (χ0n) is 8.17. The summed E-state index contributed by atoms with van der Waals surface area (Å²) in [6.45, 7) is 0. The van der Waals surface area contributed by atoms with E-state index >= 15 is 0 Å². The van der Waals surface area contributed by atoms with Crippen molar-refractivity contribution in [2.75, 3.05) is 7.11 Å². The summed E-state index contributed by atoms with van der Waals surface area (Å²) < 4.78 is 4.72. The van der Waals surface area contributed by atoms with Gasteiger partial charge in [-0.3, -0.25) is 14.9 Å². The minimum Gasteiger partial charge on any atom is -0.496 e. The number of rotatable bonds is 4. The monoisotopic (exact) mass is 225 g/mol. The normalized spacial score (nSPS) is 9.56. The molecule has 0 aromatic heterocycles. The van der Waals surface area contributed by atoms with Crippen molar-refractivity contribution >= 4 is 17.4 Å². The molecule has 7 heteroatoms. The Kier molecular flexibility index (Phi) is 3.19. The Bertz CT molecular complexity index is 467. The van der Waals surface area contributed by atoms with Crippen LogP contribution in [-0.2, 0) is 4.79 Å². The van der Waals surface area contributed by atoms with Crippen LogP contribution in [0.25, 0.3) is 0 Å². The Morgan fingerprint density at radius 2 is 2.06 bits per heavy atom. The average Bonchev–Trinajstić information content (AvgIpc) is 2.26. The molecule has 0 spiro atoms. The first kappa shape index (κ1) is 11.6. The van der Waals surface area contributed by atoms with Gasteiger partial charge in [0.05, 0.1) is 23.7 Å². The van der Waals surface area contributed by atoms with Crippen molar-refractivity contribution in [2.24, 2.45) is 0 Å². The fourth-order valence-corrected chi connectivity index (χ4v) is 1.10. The second kappa shape index (κ2) is 4.39. The summed E-state index contributed by atoms with van der Waals surface area (Å²) in [5, 5.41) is 18.9. The summed E-state index contributed by atoms with van der Waals surface area (Å²) in [5.74, 6) is -2.96. The van der Waals surface area contributed by atoms with Gasteiger partial charge in [0.25, 0.3) is 11.5 Å². The van der Waals surface area contributed by atoms with Gasteiger partial charge in [-0.2, -0.15) is 0 Å². The van der Waals surface area contributed by atoms with E-state index in [1.54, 1.807) is 0 Å². The molecule has 84 valence electrons. The Hall–Kier alpha value is -2.44. The maximum Gasteiger partial charge on any atom is 0.377 e. The molecule has 0 aliphatic carbocycles. The highest BCUT2D eigenvalue weighted by molar-refractivity contribution is 6.40. The SMILES string of the molecule is COc1cc([N+](=O)[O-])ccc1C(=O)C(=O)O. The largest absolute Gasteiger partial charge is 0.496 e. The zero-order chi connectivity index (χ0) is 12.3. The van der Waals surface area contributed by atoms with Gasteiger partial charge in [0, 0.05) is 6.07 Å². The standard InChI is InChI=1S/C9H7NO6/c1-16-7-4-5(10(14)15)2-3-6(7)8(11)9(12)13/h2-4H,1H3,(H,12,13). The molecule has 1 N–H and O–H groups in total. The number of carboxylic acid groups (broad SMARTS) is 1. The number of methoxy groups -OCH3 is 1. The summed E-state index contributed by atoms with van der Waals surface area (Å²) in [6, 6.07) is 3.09. The third-order valence-corrected chi connectivity index (χ3v) is 1.83. The topological polar surface area (TPSA) is 107 Å². The van der Waals surface area contributed by atoms with Crippen LogP contribution in [0.15, 0.2) is 18.2 Å². The van der Waals surface area contributed by atoms with E-state index in [0.29, 0.717) is 0 Å². The molecule has 7 nitrogen and oxygen atoms in total. The Labute approximate surface area is 89.4 Å². The molecule has 0 atom stereocenters. The number of Topliss-reactive ketones (excluding diaryl/α,β-unsaturated/α-hetero) is 1. The first-order chi connectivity index (χ1) is 7.47. The van der Waals surface area contributed by atoms with Crippen molar-refractivity contribution in [1.29, 1.82) is 0 Å². The molecule has 0 bridgehead atoms. The number of ketones is 1. The molecule has 0 saturated heterocycles. The number of nitro groups is 1. The van der Waals surface area contributed by atoms with Crippen LogP contribution in [0.5, 0.6) is 5.75 Å². The van der Waals surface area contributed by atoms with Gasteiger partial charge in [0.15, 0.2) is 0 Å². The number of hydrogen-bond acceptors (Lipinski definition) is 5. The third-order valence-electron chi connectivity index (χ3n) is 1.83. The summed E-state index contributed by atoms with van der Waals surface area (Å²) in [4.78, 5) is 31.4. The number of hydrogen-bond donors (Lipinski definition) is 1. The summed E-state index contributed by atoms with van der Waals surface area (Å²) in [7, 11) is 1.19. The van der Waals surface area contributed by atoms with Crippen molar-refractivity contribution in [3.05, 3.63) is 33.9 Å². The first-order valence-corrected chi connectivity index (χ1v) is 4.07. The van der Waals surface area contributed by atoms with E-state index in [1.807, 2.05) is 0 Å². The molecule has 0 aliphatic rings. The molecule has 0 radical (unpaired) electrons. The van der Waals surface area contributed by atoms with Gasteiger partial charge >= 0.3 is 5.97 Å². The molecule has 0 heterocycles. The fraction of sp³-hybridized carbons (Fsp3) is 0.111. The van der Waals surface area contributed by atoms with Crippen LogP contribution >= 0.6 is 0 Å². The average molecular weight is 225 g/mol. The molecule has 1 aromatic rings. The highest BCUT2D eigenvalue weighted by Crippen LogP contribution is 2.24. The minimum absolute atomic E-state index is 0.137. The number of ether oxygens (including phenoxy) is 1. The number of carboxylic acids is 1. The van der Waals surface area contributed by atoms with E-state index in [-0.39, 0.29) is 17.0 Å². The molecule has 1 aromatic carbocycles. The van der Waals surface area contributed by atoms with E-state index in [9.17, 15) is 19.7 Å². The molecule has 0 fully saturated rings. The van der Waals surface area contributed by atoms with Crippen LogP contribution < -0.4 is 4.74 Å². The molecule has 0 aliphatic heterocycles. The summed E-state index contributed by atoms with van der Waals surface area (Å²) in [6.07, 6.45) is 0. The molecular weight excluding hydrogens is 218 g/mol. The lowest BCUT2D eigenvalue weighted by Gasteiger charge is -2.04. The van der Waals surface area contributed by atoms with Crippen LogP contribution in [0.1, 0.15) is 10.4 Å². The lowest BCUT2D eigenvalue weighted by Crippen LogP contribution is -2.13. The number of aliphatic carboxylic acids is 1.